The summed E-state index contributed by atoms with van der Waals surface area (Å²) in [5, 5.41) is -0.422. The van der Waals surface area contributed by atoms with Gasteiger partial charge in [-0.3, -0.25) is 4.79 Å². The number of ether oxygens (including phenoxy) is 1. The molecule has 0 heterocycles. The highest BCUT2D eigenvalue weighted by Crippen LogP contribution is 2.39. The van der Waals surface area contributed by atoms with Crippen LogP contribution in [0.2, 0.25) is 0 Å². The molecule has 0 saturated heterocycles. The number of benzene rings is 2. The molecule has 1 unspecified atom stereocenters. The molecule has 0 aliphatic carbocycles. The first-order valence-electron chi connectivity index (χ1n) is 6.55. The van der Waals surface area contributed by atoms with Gasteiger partial charge in [0.15, 0.2) is 0 Å². The number of thioether (sulfide) groups is 1. The minimum atomic E-state index is -0.422. The molecule has 0 fully saturated rings. The monoisotopic (exact) mass is 365 g/mol. The highest BCUT2D eigenvalue weighted by Gasteiger charge is 2.24. The normalized spacial score (nSPS) is 11.9. The first-order chi connectivity index (χ1) is 10.1. The Morgan fingerprint density at radius 1 is 1.29 bits per heavy atom. The maximum atomic E-state index is 12.2. The molecule has 2 aromatic carbocycles. The number of halogens is 1. The summed E-state index contributed by atoms with van der Waals surface area (Å²) in [5.41, 5.74) is 7.56. The Labute approximate surface area is 137 Å². The van der Waals surface area contributed by atoms with Gasteiger partial charge in [0.25, 0.3) is 0 Å². The summed E-state index contributed by atoms with van der Waals surface area (Å²) < 4.78 is 6.10. The summed E-state index contributed by atoms with van der Waals surface area (Å²) in [6.07, 6.45) is 0. The van der Waals surface area contributed by atoms with Crippen LogP contribution in [0.25, 0.3) is 0 Å². The number of rotatable bonds is 5. The zero-order valence-corrected chi connectivity index (χ0v) is 14.0. The van der Waals surface area contributed by atoms with Gasteiger partial charge in [-0.2, -0.15) is 0 Å². The molecule has 0 aliphatic rings. The number of carbonyl (C=O) groups is 1. The smallest absolute Gasteiger partial charge is 0.323 e. The van der Waals surface area contributed by atoms with Crippen LogP contribution in [0, 0.1) is 0 Å². The average molecular weight is 366 g/mol. The predicted molar refractivity (Wildman–Crippen MR) is 90.2 cm³/mol. The molecule has 5 heteroatoms. The van der Waals surface area contributed by atoms with Crippen LogP contribution in [0.5, 0.6) is 0 Å². The van der Waals surface area contributed by atoms with E-state index in [0.717, 1.165) is 14.9 Å². The second-order valence-electron chi connectivity index (χ2n) is 4.34. The minimum Gasteiger partial charge on any atom is -0.465 e. The van der Waals surface area contributed by atoms with Gasteiger partial charge in [-0.1, -0.05) is 46.3 Å². The summed E-state index contributed by atoms with van der Waals surface area (Å²) in [5.74, 6) is -0.254. The van der Waals surface area contributed by atoms with Crippen molar-refractivity contribution in [3.8, 4) is 0 Å². The van der Waals surface area contributed by atoms with Crippen molar-refractivity contribution in [2.24, 2.45) is 0 Å². The van der Waals surface area contributed by atoms with Crippen molar-refractivity contribution in [3.63, 3.8) is 0 Å². The lowest BCUT2D eigenvalue weighted by atomic mass is 10.1. The Hall–Kier alpha value is -1.46. The van der Waals surface area contributed by atoms with Gasteiger partial charge in [0, 0.05) is 15.1 Å². The lowest BCUT2D eigenvalue weighted by molar-refractivity contribution is -0.142. The van der Waals surface area contributed by atoms with E-state index in [-0.39, 0.29) is 5.97 Å². The highest BCUT2D eigenvalue weighted by atomic mass is 79.9. The summed E-state index contributed by atoms with van der Waals surface area (Å²) in [6, 6.07) is 15.2. The lowest BCUT2D eigenvalue weighted by Gasteiger charge is -2.16. The molecule has 0 aromatic heterocycles. The van der Waals surface area contributed by atoms with Gasteiger partial charge in [-0.05, 0) is 30.7 Å². The fourth-order valence-electron chi connectivity index (χ4n) is 1.85. The van der Waals surface area contributed by atoms with Gasteiger partial charge in [-0.25, -0.2) is 0 Å². The summed E-state index contributed by atoms with van der Waals surface area (Å²) in [4.78, 5) is 13.1. The maximum absolute atomic E-state index is 12.2. The molecular weight excluding hydrogens is 350 g/mol. The van der Waals surface area contributed by atoms with Crippen molar-refractivity contribution >= 4 is 39.3 Å². The average Bonchev–Trinajstić information content (AvgIpc) is 2.47. The number of esters is 1. The van der Waals surface area contributed by atoms with Crippen molar-refractivity contribution in [3.05, 3.63) is 58.6 Å². The van der Waals surface area contributed by atoms with Gasteiger partial charge >= 0.3 is 5.97 Å². The zero-order valence-electron chi connectivity index (χ0n) is 11.6. The van der Waals surface area contributed by atoms with Crippen LogP contribution >= 0.6 is 27.7 Å². The maximum Gasteiger partial charge on any atom is 0.323 e. The third kappa shape index (κ3) is 4.25. The van der Waals surface area contributed by atoms with E-state index >= 15 is 0 Å². The molecule has 2 N–H and O–H groups in total. The van der Waals surface area contributed by atoms with E-state index in [1.54, 1.807) is 6.92 Å². The fourth-order valence-corrected chi connectivity index (χ4v) is 3.28. The molecule has 3 nitrogen and oxygen atoms in total. The molecular formula is C16H16BrNO2S. The van der Waals surface area contributed by atoms with E-state index in [4.69, 9.17) is 10.5 Å². The summed E-state index contributed by atoms with van der Waals surface area (Å²) >= 11 is 4.79. The Morgan fingerprint density at radius 2 is 2.00 bits per heavy atom. The second-order valence-corrected chi connectivity index (χ2v) is 6.41. The SMILES string of the molecule is CCOC(=O)C(Sc1ccc(Br)cc1N)c1ccccc1. The van der Waals surface area contributed by atoms with E-state index in [2.05, 4.69) is 15.9 Å². The van der Waals surface area contributed by atoms with Crippen molar-refractivity contribution in [1.82, 2.24) is 0 Å². The number of anilines is 1. The molecule has 0 bridgehead atoms. The molecule has 21 heavy (non-hydrogen) atoms. The molecule has 2 rings (SSSR count). The first kappa shape index (κ1) is 15.9. The van der Waals surface area contributed by atoms with Gasteiger partial charge in [0.05, 0.1) is 6.61 Å². The fraction of sp³-hybridized carbons (Fsp3) is 0.188. The highest BCUT2D eigenvalue weighted by molar-refractivity contribution is 9.10. The molecule has 0 aliphatic heterocycles. The van der Waals surface area contributed by atoms with E-state index in [1.165, 1.54) is 11.8 Å². The van der Waals surface area contributed by atoms with Crippen LogP contribution in [-0.2, 0) is 9.53 Å². The summed E-state index contributed by atoms with van der Waals surface area (Å²) in [6.45, 7) is 2.16. The largest absolute Gasteiger partial charge is 0.465 e. The number of carbonyl (C=O) groups excluding carboxylic acids is 1. The molecule has 0 saturated carbocycles. The molecule has 1 atom stereocenters. The third-order valence-electron chi connectivity index (χ3n) is 2.82. The van der Waals surface area contributed by atoms with Crippen LogP contribution in [0.1, 0.15) is 17.7 Å². The van der Waals surface area contributed by atoms with Gasteiger partial charge in [0.1, 0.15) is 5.25 Å². The van der Waals surface area contributed by atoms with Crippen molar-refractivity contribution in [2.75, 3.05) is 12.3 Å². The standard InChI is InChI=1S/C16H16BrNO2S/c1-2-20-16(19)15(11-6-4-3-5-7-11)21-14-9-8-12(17)10-13(14)18/h3-10,15H,2,18H2,1H3. The topological polar surface area (TPSA) is 52.3 Å². The van der Waals surface area contributed by atoms with Crippen molar-refractivity contribution in [2.45, 2.75) is 17.1 Å². The van der Waals surface area contributed by atoms with Crippen molar-refractivity contribution < 1.29 is 9.53 Å². The van der Waals surface area contributed by atoms with Gasteiger partial charge in [0.2, 0.25) is 0 Å². The van der Waals surface area contributed by atoms with Crippen LogP contribution in [0.15, 0.2) is 57.9 Å². The number of nitrogen functional groups attached to an aromatic ring is 1. The number of hydrogen-bond donors (Lipinski definition) is 1. The second kappa shape index (κ2) is 7.52. The quantitative estimate of drug-likeness (QED) is 0.483. The zero-order chi connectivity index (χ0) is 15.2. The van der Waals surface area contributed by atoms with Gasteiger partial charge in [-0.15, -0.1) is 11.8 Å². The van der Waals surface area contributed by atoms with Crippen LogP contribution < -0.4 is 5.73 Å². The van der Waals surface area contributed by atoms with Crippen LogP contribution in [0.3, 0.4) is 0 Å². The third-order valence-corrected chi connectivity index (χ3v) is 4.64. The molecule has 0 amide bonds. The molecule has 0 radical (unpaired) electrons. The first-order valence-corrected chi connectivity index (χ1v) is 8.22. The molecule has 2 aromatic rings. The number of nitrogens with two attached hydrogens (primary N) is 1. The Morgan fingerprint density at radius 3 is 2.62 bits per heavy atom. The molecule has 110 valence electrons. The Balaban J connectivity index is 2.30. The Kier molecular flexibility index (Phi) is 5.70. The van der Waals surface area contributed by atoms with Crippen LogP contribution in [-0.4, -0.2) is 12.6 Å². The van der Waals surface area contributed by atoms with Crippen LogP contribution in [0.4, 0.5) is 5.69 Å². The van der Waals surface area contributed by atoms with Crippen molar-refractivity contribution in [1.29, 1.82) is 0 Å². The molecule has 0 spiro atoms. The van der Waals surface area contributed by atoms with Gasteiger partial charge < -0.3 is 10.5 Å². The summed E-state index contributed by atoms with van der Waals surface area (Å²) in [7, 11) is 0. The predicted octanol–water partition coefficient (Wildman–Crippen LogP) is 4.43. The van der Waals surface area contributed by atoms with E-state index < -0.39 is 5.25 Å². The van der Waals surface area contributed by atoms with E-state index in [0.29, 0.717) is 12.3 Å². The lowest BCUT2D eigenvalue weighted by Crippen LogP contribution is -2.13. The number of hydrogen-bond acceptors (Lipinski definition) is 4. The Bertz CT molecular complexity index is 619. The van der Waals surface area contributed by atoms with E-state index in [1.807, 2.05) is 48.5 Å². The minimum absolute atomic E-state index is 0.254. The van der Waals surface area contributed by atoms with E-state index in [9.17, 15) is 4.79 Å².